The number of nitrogens with zero attached hydrogens (tertiary/aromatic N) is 1. The second kappa shape index (κ2) is 6.36. The molecule has 96 valence electrons. The number of carbonyl (C=O) groups is 1. The van der Waals surface area contributed by atoms with Gasteiger partial charge in [-0.1, -0.05) is 0 Å². The maximum absolute atomic E-state index is 11.6. The Hall–Kier alpha value is -1.40. The molecule has 6 nitrogen and oxygen atoms in total. The molecule has 1 heterocycles. The van der Waals surface area contributed by atoms with Gasteiger partial charge in [-0.2, -0.15) is 5.10 Å². The average Bonchev–Trinajstić information content (AvgIpc) is 2.64. The Morgan fingerprint density at radius 1 is 1.71 bits per heavy atom. The monoisotopic (exact) mass is 240 g/mol. The third kappa shape index (κ3) is 4.54. The molecular weight excluding hydrogens is 220 g/mol. The summed E-state index contributed by atoms with van der Waals surface area (Å²) in [6.07, 6.45) is 0.676. The first-order valence-corrected chi connectivity index (χ1v) is 5.58. The lowest BCUT2D eigenvalue weighted by Crippen LogP contribution is -2.47. The maximum atomic E-state index is 11.6. The van der Waals surface area contributed by atoms with E-state index < -0.39 is 6.04 Å². The van der Waals surface area contributed by atoms with E-state index in [9.17, 15) is 4.79 Å². The van der Waals surface area contributed by atoms with E-state index >= 15 is 0 Å². The van der Waals surface area contributed by atoms with Crippen molar-refractivity contribution < 1.29 is 9.53 Å². The first kappa shape index (κ1) is 13.7. The van der Waals surface area contributed by atoms with Crippen LogP contribution in [-0.4, -0.2) is 41.9 Å². The minimum Gasteiger partial charge on any atom is -0.383 e. The van der Waals surface area contributed by atoms with E-state index in [4.69, 9.17) is 10.5 Å². The quantitative estimate of drug-likeness (QED) is 0.638. The van der Waals surface area contributed by atoms with Crippen molar-refractivity contribution in [1.29, 1.82) is 0 Å². The molecule has 0 fully saturated rings. The topological polar surface area (TPSA) is 93.0 Å². The molecular formula is C11H20N4O2. The highest BCUT2D eigenvalue weighted by Crippen LogP contribution is 2.01. The van der Waals surface area contributed by atoms with Gasteiger partial charge in [0.05, 0.1) is 12.3 Å². The zero-order valence-corrected chi connectivity index (χ0v) is 10.5. The van der Waals surface area contributed by atoms with E-state index in [-0.39, 0.29) is 18.6 Å². The van der Waals surface area contributed by atoms with Gasteiger partial charge in [0.1, 0.15) is 6.04 Å². The SMILES string of the molecule is COCC(N)C(=O)NC(C)Cc1cc(C)[nH]n1. The average molecular weight is 240 g/mol. The Kier molecular flexibility index (Phi) is 5.11. The van der Waals surface area contributed by atoms with Gasteiger partial charge in [-0.05, 0) is 19.9 Å². The van der Waals surface area contributed by atoms with Crippen molar-refractivity contribution in [3.05, 3.63) is 17.5 Å². The molecule has 17 heavy (non-hydrogen) atoms. The first-order valence-electron chi connectivity index (χ1n) is 5.58. The highest BCUT2D eigenvalue weighted by Gasteiger charge is 2.16. The summed E-state index contributed by atoms with van der Waals surface area (Å²) in [4.78, 5) is 11.6. The second-order valence-corrected chi connectivity index (χ2v) is 4.22. The summed E-state index contributed by atoms with van der Waals surface area (Å²) in [5.41, 5.74) is 7.55. The van der Waals surface area contributed by atoms with Crippen molar-refractivity contribution in [2.24, 2.45) is 5.73 Å². The summed E-state index contributed by atoms with van der Waals surface area (Å²) in [5.74, 6) is -0.202. The standard InChI is InChI=1S/C11H20N4O2/c1-7(4-9-5-8(2)14-15-9)13-11(16)10(12)6-17-3/h5,7,10H,4,6,12H2,1-3H3,(H,13,16)(H,14,15). The zero-order valence-electron chi connectivity index (χ0n) is 10.5. The predicted molar refractivity (Wildman–Crippen MR) is 64.5 cm³/mol. The fraction of sp³-hybridized carbons (Fsp3) is 0.636. The Labute approximate surface area is 101 Å². The molecule has 0 saturated heterocycles. The van der Waals surface area contributed by atoms with Crippen molar-refractivity contribution in [3.8, 4) is 0 Å². The van der Waals surface area contributed by atoms with Crippen molar-refractivity contribution in [1.82, 2.24) is 15.5 Å². The van der Waals surface area contributed by atoms with Crippen LogP contribution in [0.4, 0.5) is 0 Å². The van der Waals surface area contributed by atoms with Crippen LogP contribution in [0.5, 0.6) is 0 Å². The van der Waals surface area contributed by atoms with Crippen LogP contribution in [0.25, 0.3) is 0 Å². The smallest absolute Gasteiger partial charge is 0.239 e. The Bertz CT molecular complexity index is 364. The van der Waals surface area contributed by atoms with Gasteiger partial charge in [-0.25, -0.2) is 0 Å². The first-order chi connectivity index (χ1) is 8.02. The Balaban J connectivity index is 2.38. The van der Waals surface area contributed by atoms with Crippen LogP contribution >= 0.6 is 0 Å². The van der Waals surface area contributed by atoms with Crippen LogP contribution < -0.4 is 11.1 Å². The van der Waals surface area contributed by atoms with Crippen LogP contribution in [0.3, 0.4) is 0 Å². The summed E-state index contributed by atoms with van der Waals surface area (Å²) in [6.45, 7) is 4.08. The molecule has 0 aliphatic rings. The molecule has 2 unspecified atom stereocenters. The number of ether oxygens (including phenoxy) is 1. The number of amides is 1. The molecule has 0 aromatic carbocycles. The highest BCUT2D eigenvalue weighted by molar-refractivity contribution is 5.81. The molecule has 6 heteroatoms. The molecule has 2 atom stereocenters. The van der Waals surface area contributed by atoms with E-state index in [1.807, 2.05) is 19.9 Å². The summed E-state index contributed by atoms with van der Waals surface area (Å²) >= 11 is 0. The van der Waals surface area contributed by atoms with Gasteiger partial charge in [-0.3, -0.25) is 9.89 Å². The third-order valence-electron chi connectivity index (χ3n) is 2.35. The van der Waals surface area contributed by atoms with Crippen molar-refractivity contribution in [2.45, 2.75) is 32.4 Å². The van der Waals surface area contributed by atoms with Gasteiger partial charge in [0.2, 0.25) is 5.91 Å². The number of aryl methyl sites for hydroxylation is 1. The molecule has 1 amide bonds. The van der Waals surface area contributed by atoms with Gasteiger partial charge in [0, 0.05) is 25.3 Å². The van der Waals surface area contributed by atoms with Gasteiger partial charge in [0.25, 0.3) is 0 Å². The van der Waals surface area contributed by atoms with Gasteiger partial charge in [0.15, 0.2) is 0 Å². The fourth-order valence-electron chi connectivity index (χ4n) is 1.55. The molecule has 0 bridgehead atoms. The second-order valence-electron chi connectivity index (χ2n) is 4.22. The van der Waals surface area contributed by atoms with Crippen LogP contribution in [0.15, 0.2) is 6.07 Å². The molecule has 1 aromatic heterocycles. The molecule has 1 rings (SSSR count). The fourth-order valence-corrected chi connectivity index (χ4v) is 1.55. The number of rotatable bonds is 6. The van der Waals surface area contributed by atoms with E-state index in [2.05, 4.69) is 15.5 Å². The normalized spacial score (nSPS) is 14.4. The third-order valence-corrected chi connectivity index (χ3v) is 2.35. The number of nitrogens with one attached hydrogen (secondary N) is 2. The van der Waals surface area contributed by atoms with E-state index in [1.165, 1.54) is 7.11 Å². The van der Waals surface area contributed by atoms with Crippen molar-refractivity contribution >= 4 is 5.91 Å². The Morgan fingerprint density at radius 2 is 2.41 bits per heavy atom. The van der Waals surface area contributed by atoms with Gasteiger partial charge >= 0.3 is 0 Å². The molecule has 0 spiro atoms. The summed E-state index contributed by atoms with van der Waals surface area (Å²) in [7, 11) is 1.52. The largest absolute Gasteiger partial charge is 0.383 e. The molecule has 4 N–H and O–H groups in total. The lowest BCUT2D eigenvalue weighted by atomic mass is 10.1. The van der Waals surface area contributed by atoms with Crippen LogP contribution in [0, 0.1) is 6.92 Å². The Morgan fingerprint density at radius 3 is 2.94 bits per heavy atom. The number of hydrogen-bond acceptors (Lipinski definition) is 4. The maximum Gasteiger partial charge on any atom is 0.239 e. The van der Waals surface area contributed by atoms with Crippen molar-refractivity contribution in [3.63, 3.8) is 0 Å². The van der Waals surface area contributed by atoms with Gasteiger partial charge < -0.3 is 15.8 Å². The van der Waals surface area contributed by atoms with Crippen LogP contribution in [-0.2, 0) is 16.0 Å². The predicted octanol–water partition coefficient (Wildman–Crippen LogP) is -0.261. The number of carbonyl (C=O) groups excluding carboxylic acids is 1. The van der Waals surface area contributed by atoms with E-state index in [0.29, 0.717) is 6.42 Å². The lowest BCUT2D eigenvalue weighted by Gasteiger charge is -2.16. The highest BCUT2D eigenvalue weighted by atomic mass is 16.5. The lowest BCUT2D eigenvalue weighted by molar-refractivity contribution is -0.124. The number of aromatic nitrogens is 2. The van der Waals surface area contributed by atoms with Gasteiger partial charge in [-0.15, -0.1) is 0 Å². The molecule has 0 saturated carbocycles. The number of hydrogen-bond donors (Lipinski definition) is 3. The molecule has 0 aliphatic heterocycles. The summed E-state index contributed by atoms with van der Waals surface area (Å²) < 4.78 is 4.82. The van der Waals surface area contributed by atoms with Crippen LogP contribution in [0.1, 0.15) is 18.3 Å². The van der Waals surface area contributed by atoms with E-state index in [1.54, 1.807) is 0 Å². The summed E-state index contributed by atoms with van der Waals surface area (Å²) in [6, 6.07) is 1.33. The van der Waals surface area contributed by atoms with E-state index in [0.717, 1.165) is 11.4 Å². The molecule has 0 aliphatic carbocycles. The number of aromatic amines is 1. The zero-order chi connectivity index (χ0) is 12.8. The number of nitrogens with two attached hydrogens (primary N) is 1. The van der Waals surface area contributed by atoms with Crippen LogP contribution in [0.2, 0.25) is 0 Å². The summed E-state index contributed by atoms with van der Waals surface area (Å²) in [5, 5.41) is 9.80. The van der Waals surface area contributed by atoms with Crippen molar-refractivity contribution in [2.75, 3.05) is 13.7 Å². The number of methoxy groups -OCH3 is 1. The number of H-pyrrole nitrogens is 1. The molecule has 1 aromatic rings. The minimum atomic E-state index is -0.622. The minimum absolute atomic E-state index is 0.00638. The molecule has 0 radical (unpaired) electrons.